The van der Waals surface area contributed by atoms with E-state index < -0.39 is 0 Å². The summed E-state index contributed by atoms with van der Waals surface area (Å²) in [4.78, 5) is 12.1. The number of benzene rings is 1. The topological polar surface area (TPSA) is 59.0 Å². The Kier molecular flexibility index (Phi) is 2.33. The van der Waals surface area contributed by atoms with Gasteiger partial charge in [-0.1, -0.05) is 30.3 Å². The molecule has 1 aliphatic rings. The first-order valence-electron chi connectivity index (χ1n) is 5.83. The summed E-state index contributed by atoms with van der Waals surface area (Å²) in [5.41, 5.74) is 2.54. The van der Waals surface area contributed by atoms with Gasteiger partial charge in [-0.05, 0) is 12.5 Å². The van der Waals surface area contributed by atoms with E-state index in [1.807, 2.05) is 44.3 Å². The van der Waals surface area contributed by atoms with Crippen LogP contribution in [0.3, 0.4) is 0 Å². The number of nitrogens with one attached hydrogen (secondary N) is 2. The van der Waals surface area contributed by atoms with E-state index in [9.17, 15) is 4.79 Å². The fraction of sp³-hybridized carbons (Fsp3) is 0.231. The van der Waals surface area contributed by atoms with Crippen LogP contribution in [0.5, 0.6) is 0 Å². The van der Waals surface area contributed by atoms with Crippen LogP contribution in [0.15, 0.2) is 30.3 Å². The second-order valence-corrected chi connectivity index (χ2v) is 4.41. The van der Waals surface area contributed by atoms with Crippen LogP contribution >= 0.6 is 0 Å². The minimum Gasteiger partial charge on any atom is -0.353 e. The van der Waals surface area contributed by atoms with Crippen molar-refractivity contribution in [2.24, 2.45) is 7.05 Å². The van der Waals surface area contributed by atoms with Gasteiger partial charge < -0.3 is 10.6 Å². The largest absolute Gasteiger partial charge is 0.353 e. The van der Waals surface area contributed by atoms with Gasteiger partial charge in [0.2, 0.25) is 0 Å². The smallest absolute Gasteiger partial charge is 0.251 e. The van der Waals surface area contributed by atoms with E-state index in [2.05, 4.69) is 15.7 Å². The van der Waals surface area contributed by atoms with Crippen LogP contribution < -0.4 is 10.6 Å². The number of hydrogen-bond acceptors (Lipinski definition) is 3. The monoisotopic (exact) mass is 242 g/mol. The second kappa shape index (κ2) is 3.87. The number of fused-ring (bicyclic) bond motifs is 1. The molecule has 1 unspecified atom stereocenters. The predicted molar refractivity (Wildman–Crippen MR) is 69.4 cm³/mol. The fourth-order valence-corrected chi connectivity index (χ4v) is 2.25. The SMILES string of the molecule is Cc1nn(C)c2c1NC(=O)C(c1ccccc1)N2. The van der Waals surface area contributed by atoms with Crippen LogP contribution in [0.2, 0.25) is 0 Å². The lowest BCUT2D eigenvalue weighted by molar-refractivity contribution is -0.117. The summed E-state index contributed by atoms with van der Waals surface area (Å²) < 4.78 is 1.75. The van der Waals surface area contributed by atoms with E-state index in [1.165, 1.54) is 0 Å². The quantitative estimate of drug-likeness (QED) is 0.802. The van der Waals surface area contributed by atoms with Crippen LogP contribution in [-0.4, -0.2) is 15.7 Å². The molecule has 5 heteroatoms. The molecule has 3 rings (SSSR count). The Morgan fingerprint density at radius 3 is 2.72 bits per heavy atom. The van der Waals surface area contributed by atoms with E-state index >= 15 is 0 Å². The maximum Gasteiger partial charge on any atom is 0.251 e. The average Bonchev–Trinajstić information content (AvgIpc) is 2.65. The molecule has 5 nitrogen and oxygen atoms in total. The van der Waals surface area contributed by atoms with E-state index in [1.54, 1.807) is 4.68 Å². The summed E-state index contributed by atoms with van der Waals surface area (Å²) >= 11 is 0. The second-order valence-electron chi connectivity index (χ2n) is 4.41. The summed E-state index contributed by atoms with van der Waals surface area (Å²) in [5, 5.41) is 10.4. The zero-order valence-corrected chi connectivity index (χ0v) is 10.3. The van der Waals surface area contributed by atoms with Gasteiger partial charge in [0.1, 0.15) is 17.5 Å². The Bertz CT molecular complexity index is 603. The molecule has 0 fully saturated rings. The summed E-state index contributed by atoms with van der Waals surface area (Å²) in [6, 6.07) is 9.29. The molecule has 1 amide bonds. The number of amides is 1. The van der Waals surface area contributed by atoms with Crippen LogP contribution in [-0.2, 0) is 11.8 Å². The number of aromatic nitrogens is 2. The lowest BCUT2D eigenvalue weighted by Gasteiger charge is -2.25. The van der Waals surface area contributed by atoms with Crippen molar-refractivity contribution < 1.29 is 4.79 Å². The molecule has 1 aromatic heterocycles. The lowest BCUT2D eigenvalue weighted by atomic mass is 10.0. The van der Waals surface area contributed by atoms with Gasteiger partial charge in [0.05, 0.1) is 5.69 Å². The first-order chi connectivity index (χ1) is 8.66. The van der Waals surface area contributed by atoms with Gasteiger partial charge in [0.25, 0.3) is 5.91 Å². The summed E-state index contributed by atoms with van der Waals surface area (Å²) in [5.74, 6) is 0.797. The number of rotatable bonds is 1. The van der Waals surface area contributed by atoms with Gasteiger partial charge in [-0.2, -0.15) is 5.10 Å². The van der Waals surface area contributed by atoms with Crippen molar-refractivity contribution in [3.63, 3.8) is 0 Å². The maximum atomic E-state index is 12.1. The van der Waals surface area contributed by atoms with Crippen molar-refractivity contribution in [2.75, 3.05) is 10.6 Å². The van der Waals surface area contributed by atoms with Gasteiger partial charge in [-0.3, -0.25) is 9.48 Å². The summed E-state index contributed by atoms with van der Waals surface area (Å²) in [7, 11) is 1.86. The Balaban J connectivity index is 2.02. The van der Waals surface area contributed by atoms with Crippen molar-refractivity contribution in [1.82, 2.24) is 9.78 Å². The molecule has 0 bridgehead atoms. The molecule has 18 heavy (non-hydrogen) atoms. The summed E-state index contributed by atoms with van der Waals surface area (Å²) in [6.45, 7) is 1.88. The fourth-order valence-electron chi connectivity index (χ4n) is 2.25. The molecule has 1 aromatic carbocycles. The third kappa shape index (κ3) is 1.55. The number of nitrogens with zero attached hydrogens (tertiary/aromatic N) is 2. The average molecular weight is 242 g/mol. The van der Waals surface area contributed by atoms with Crippen LogP contribution in [0.4, 0.5) is 11.5 Å². The molecule has 0 spiro atoms. The molecule has 2 aromatic rings. The first-order valence-corrected chi connectivity index (χ1v) is 5.83. The highest BCUT2D eigenvalue weighted by Crippen LogP contribution is 2.33. The molecule has 1 atom stereocenters. The molecule has 0 saturated carbocycles. The van der Waals surface area contributed by atoms with Crippen LogP contribution in [0.1, 0.15) is 17.3 Å². The third-order valence-corrected chi connectivity index (χ3v) is 3.15. The Labute approximate surface area is 105 Å². The molecule has 0 radical (unpaired) electrons. The van der Waals surface area contributed by atoms with Gasteiger partial charge >= 0.3 is 0 Å². The van der Waals surface area contributed by atoms with Crippen molar-refractivity contribution in [2.45, 2.75) is 13.0 Å². The molecule has 2 heterocycles. The van der Waals surface area contributed by atoms with Crippen molar-refractivity contribution in [3.05, 3.63) is 41.6 Å². The normalized spacial score (nSPS) is 17.9. The van der Waals surface area contributed by atoms with Gasteiger partial charge in [-0.15, -0.1) is 0 Å². The highest BCUT2D eigenvalue weighted by atomic mass is 16.2. The molecular weight excluding hydrogens is 228 g/mol. The minimum atomic E-state index is -0.367. The molecular formula is C13H14N4O. The molecule has 1 aliphatic heterocycles. The van der Waals surface area contributed by atoms with Gasteiger partial charge in [0.15, 0.2) is 0 Å². The standard InChI is InChI=1S/C13H14N4O/c1-8-10-12(17(2)16-8)14-11(13(18)15-10)9-6-4-3-5-7-9/h3-7,11,14H,1-2H3,(H,15,18). The van der Waals surface area contributed by atoms with Gasteiger partial charge in [-0.25, -0.2) is 0 Å². The number of carbonyl (C=O) groups is 1. The number of carbonyl (C=O) groups excluding carboxylic acids is 1. The third-order valence-electron chi connectivity index (χ3n) is 3.15. The zero-order valence-electron chi connectivity index (χ0n) is 10.3. The molecule has 2 N–H and O–H groups in total. The molecule has 92 valence electrons. The van der Waals surface area contributed by atoms with E-state index in [0.717, 1.165) is 22.8 Å². The Morgan fingerprint density at radius 2 is 2.00 bits per heavy atom. The molecule has 0 saturated heterocycles. The van der Waals surface area contributed by atoms with Gasteiger partial charge in [0, 0.05) is 7.05 Å². The van der Waals surface area contributed by atoms with Crippen molar-refractivity contribution in [3.8, 4) is 0 Å². The molecule has 0 aliphatic carbocycles. The zero-order chi connectivity index (χ0) is 12.7. The Hall–Kier alpha value is -2.30. The minimum absolute atomic E-state index is 0.0511. The first kappa shape index (κ1) is 10.8. The maximum absolute atomic E-state index is 12.1. The van der Waals surface area contributed by atoms with Crippen LogP contribution in [0.25, 0.3) is 0 Å². The van der Waals surface area contributed by atoms with E-state index in [4.69, 9.17) is 0 Å². The highest BCUT2D eigenvalue weighted by molar-refractivity contribution is 6.03. The summed E-state index contributed by atoms with van der Waals surface area (Å²) in [6.07, 6.45) is 0. The number of hydrogen-bond donors (Lipinski definition) is 2. The van der Waals surface area contributed by atoms with E-state index in [0.29, 0.717) is 0 Å². The number of anilines is 2. The number of aryl methyl sites for hydroxylation is 2. The lowest BCUT2D eigenvalue weighted by Crippen LogP contribution is -2.32. The van der Waals surface area contributed by atoms with Crippen LogP contribution in [0, 0.1) is 6.92 Å². The predicted octanol–water partition coefficient (Wildman–Crippen LogP) is 1.83. The van der Waals surface area contributed by atoms with Crippen molar-refractivity contribution >= 4 is 17.4 Å². The Morgan fingerprint density at radius 1 is 1.28 bits per heavy atom. The van der Waals surface area contributed by atoms with E-state index in [-0.39, 0.29) is 11.9 Å². The highest BCUT2D eigenvalue weighted by Gasteiger charge is 2.30. The van der Waals surface area contributed by atoms with Crippen molar-refractivity contribution in [1.29, 1.82) is 0 Å².